The second kappa shape index (κ2) is 8.22. The zero-order valence-corrected chi connectivity index (χ0v) is 15.6. The van der Waals surface area contributed by atoms with Crippen LogP contribution in [0, 0.1) is 11.3 Å². The van der Waals surface area contributed by atoms with Gasteiger partial charge in [0.05, 0.1) is 22.7 Å². The first-order valence-electron chi connectivity index (χ1n) is 8.90. The van der Waals surface area contributed by atoms with Gasteiger partial charge in [-0.15, -0.1) is 11.8 Å². The predicted octanol–water partition coefficient (Wildman–Crippen LogP) is 5.88. The van der Waals surface area contributed by atoms with Crippen LogP contribution >= 0.6 is 11.8 Å². The van der Waals surface area contributed by atoms with Gasteiger partial charge in [0.15, 0.2) is 0 Å². The third kappa shape index (κ3) is 3.88. The smallest absolute Gasteiger partial charge is 0.141 e. The lowest BCUT2D eigenvalue weighted by atomic mass is 10.1. The third-order valence-electron chi connectivity index (χ3n) is 4.20. The van der Waals surface area contributed by atoms with Crippen LogP contribution in [0.5, 0.6) is 0 Å². The van der Waals surface area contributed by atoms with Crippen molar-refractivity contribution in [2.24, 2.45) is 0 Å². The van der Waals surface area contributed by atoms with E-state index in [-0.39, 0.29) is 0 Å². The van der Waals surface area contributed by atoms with Crippen molar-refractivity contribution in [3.8, 4) is 17.5 Å². The fourth-order valence-electron chi connectivity index (χ4n) is 2.87. The van der Waals surface area contributed by atoms with Crippen LogP contribution in [0.15, 0.2) is 47.4 Å². The molecule has 3 aromatic rings. The van der Waals surface area contributed by atoms with Crippen molar-refractivity contribution in [3.63, 3.8) is 0 Å². The number of fused-ring (bicyclic) bond motifs is 1. The second-order valence-electron chi connectivity index (χ2n) is 6.13. The van der Waals surface area contributed by atoms with Crippen molar-refractivity contribution in [2.75, 3.05) is 5.75 Å². The van der Waals surface area contributed by atoms with E-state index >= 15 is 0 Å². The van der Waals surface area contributed by atoms with Crippen molar-refractivity contribution in [3.05, 3.63) is 48.0 Å². The van der Waals surface area contributed by atoms with Gasteiger partial charge < -0.3 is 4.57 Å². The summed E-state index contributed by atoms with van der Waals surface area (Å²) < 4.78 is 2.33. The molecule has 0 N–H and O–H groups in total. The van der Waals surface area contributed by atoms with Gasteiger partial charge in [0, 0.05) is 17.0 Å². The Morgan fingerprint density at radius 1 is 1.08 bits per heavy atom. The molecule has 0 unspecified atom stereocenters. The van der Waals surface area contributed by atoms with Crippen LogP contribution in [0.2, 0.25) is 0 Å². The fourth-order valence-corrected chi connectivity index (χ4v) is 3.67. The highest BCUT2D eigenvalue weighted by atomic mass is 32.2. The number of thioether (sulfide) groups is 1. The lowest BCUT2D eigenvalue weighted by molar-refractivity contribution is 0.651. The van der Waals surface area contributed by atoms with Crippen LogP contribution in [0.25, 0.3) is 22.4 Å². The zero-order chi connectivity index (χ0) is 17.6. The van der Waals surface area contributed by atoms with Gasteiger partial charge in [-0.25, -0.2) is 4.98 Å². The molecule has 4 heteroatoms. The molecule has 0 fully saturated rings. The van der Waals surface area contributed by atoms with Gasteiger partial charge in [-0.1, -0.05) is 20.3 Å². The van der Waals surface area contributed by atoms with Crippen molar-refractivity contribution in [1.29, 1.82) is 5.26 Å². The molecule has 128 valence electrons. The molecule has 25 heavy (non-hydrogen) atoms. The monoisotopic (exact) mass is 349 g/mol. The van der Waals surface area contributed by atoms with E-state index in [0.717, 1.165) is 42.0 Å². The Labute approximate surface area is 153 Å². The summed E-state index contributed by atoms with van der Waals surface area (Å²) in [5, 5.41) is 9.01. The average molecular weight is 350 g/mol. The highest BCUT2D eigenvalue weighted by Crippen LogP contribution is 2.29. The fraction of sp³-hybridized carbons (Fsp3) is 0.333. The summed E-state index contributed by atoms with van der Waals surface area (Å²) in [6.45, 7) is 5.38. The molecule has 0 aliphatic carbocycles. The van der Waals surface area contributed by atoms with E-state index in [4.69, 9.17) is 10.2 Å². The lowest BCUT2D eigenvalue weighted by Crippen LogP contribution is -2.00. The Kier molecular flexibility index (Phi) is 5.78. The Hall–Kier alpha value is -2.25. The Morgan fingerprint density at radius 3 is 2.56 bits per heavy atom. The standard InChI is InChI=1S/C21H23N3S/c1-3-5-12-24-20-14-18(25-13-4-2)10-11-19(20)23-21(24)17-8-6-16(15-22)7-9-17/h6-11,14H,3-5,12-13H2,1-2H3. The van der Waals surface area contributed by atoms with Crippen LogP contribution in [0.3, 0.4) is 0 Å². The highest BCUT2D eigenvalue weighted by Gasteiger charge is 2.13. The Morgan fingerprint density at radius 2 is 1.88 bits per heavy atom. The molecular formula is C21H23N3S. The molecule has 3 rings (SSSR count). The number of nitriles is 1. The summed E-state index contributed by atoms with van der Waals surface area (Å²) >= 11 is 1.90. The molecule has 0 saturated heterocycles. The molecule has 0 atom stereocenters. The minimum atomic E-state index is 0.679. The van der Waals surface area contributed by atoms with Gasteiger partial charge in [-0.2, -0.15) is 5.26 Å². The maximum absolute atomic E-state index is 9.01. The summed E-state index contributed by atoms with van der Waals surface area (Å²) in [4.78, 5) is 6.19. The third-order valence-corrected chi connectivity index (χ3v) is 5.40. The average Bonchev–Trinajstić information content (AvgIpc) is 3.02. The largest absolute Gasteiger partial charge is 0.324 e. The van der Waals surface area contributed by atoms with Gasteiger partial charge in [0.2, 0.25) is 0 Å². The van der Waals surface area contributed by atoms with Gasteiger partial charge in [0.1, 0.15) is 5.82 Å². The van der Waals surface area contributed by atoms with Gasteiger partial charge in [0.25, 0.3) is 0 Å². The molecular weight excluding hydrogens is 326 g/mol. The number of benzene rings is 2. The summed E-state index contributed by atoms with van der Waals surface area (Å²) in [6, 6.07) is 16.5. The second-order valence-corrected chi connectivity index (χ2v) is 7.30. The predicted molar refractivity (Wildman–Crippen MR) is 106 cm³/mol. The van der Waals surface area contributed by atoms with E-state index in [2.05, 4.69) is 42.7 Å². The maximum atomic E-state index is 9.01. The number of aromatic nitrogens is 2. The van der Waals surface area contributed by atoms with Crippen molar-refractivity contribution < 1.29 is 0 Å². The number of unbranched alkanes of at least 4 members (excludes halogenated alkanes) is 1. The first-order chi connectivity index (χ1) is 12.3. The molecule has 0 aliphatic rings. The number of imidazole rings is 1. The molecule has 0 spiro atoms. The van der Waals surface area contributed by atoms with E-state index in [1.807, 2.05) is 36.0 Å². The van der Waals surface area contributed by atoms with Crippen LogP contribution in [0.1, 0.15) is 38.7 Å². The maximum Gasteiger partial charge on any atom is 0.141 e. The summed E-state index contributed by atoms with van der Waals surface area (Å²) in [6.07, 6.45) is 3.45. The number of nitrogens with zero attached hydrogens (tertiary/aromatic N) is 3. The summed E-state index contributed by atoms with van der Waals surface area (Å²) in [5.41, 5.74) is 3.98. The van der Waals surface area contributed by atoms with E-state index in [0.29, 0.717) is 5.56 Å². The molecule has 0 amide bonds. The van der Waals surface area contributed by atoms with Crippen LogP contribution in [-0.4, -0.2) is 15.3 Å². The molecule has 3 nitrogen and oxygen atoms in total. The summed E-state index contributed by atoms with van der Waals surface area (Å²) in [5.74, 6) is 2.13. The van der Waals surface area contributed by atoms with E-state index in [9.17, 15) is 0 Å². The molecule has 1 heterocycles. The first kappa shape index (κ1) is 17.6. The first-order valence-corrected chi connectivity index (χ1v) is 9.89. The van der Waals surface area contributed by atoms with E-state index in [1.54, 1.807) is 0 Å². The number of aryl methyl sites for hydroxylation is 1. The van der Waals surface area contributed by atoms with Crippen LogP contribution < -0.4 is 0 Å². The number of rotatable bonds is 7. The van der Waals surface area contributed by atoms with Crippen LogP contribution in [-0.2, 0) is 6.54 Å². The van der Waals surface area contributed by atoms with Crippen molar-refractivity contribution in [2.45, 2.75) is 44.6 Å². The van der Waals surface area contributed by atoms with Crippen LogP contribution in [0.4, 0.5) is 0 Å². The molecule has 1 aromatic heterocycles. The van der Waals surface area contributed by atoms with E-state index < -0.39 is 0 Å². The Balaban J connectivity index is 2.07. The van der Waals surface area contributed by atoms with Gasteiger partial charge >= 0.3 is 0 Å². The highest BCUT2D eigenvalue weighted by molar-refractivity contribution is 7.99. The molecule has 0 saturated carbocycles. The summed E-state index contributed by atoms with van der Waals surface area (Å²) in [7, 11) is 0. The quantitative estimate of drug-likeness (QED) is 0.500. The molecule has 2 aromatic carbocycles. The molecule has 0 aliphatic heterocycles. The van der Waals surface area contributed by atoms with Gasteiger partial charge in [-0.3, -0.25) is 0 Å². The lowest BCUT2D eigenvalue weighted by Gasteiger charge is -2.09. The van der Waals surface area contributed by atoms with Gasteiger partial charge in [-0.05, 0) is 61.1 Å². The SMILES string of the molecule is CCCCn1c(-c2ccc(C#N)cc2)nc2ccc(SCCC)cc21. The number of hydrogen-bond donors (Lipinski definition) is 0. The van der Waals surface area contributed by atoms with E-state index in [1.165, 1.54) is 16.8 Å². The number of hydrogen-bond acceptors (Lipinski definition) is 3. The minimum Gasteiger partial charge on any atom is -0.324 e. The Bertz CT molecular complexity index is 888. The topological polar surface area (TPSA) is 41.6 Å². The molecule has 0 bridgehead atoms. The van der Waals surface area contributed by atoms with Crippen molar-refractivity contribution >= 4 is 22.8 Å². The normalized spacial score (nSPS) is 10.9. The molecule has 0 radical (unpaired) electrons. The minimum absolute atomic E-state index is 0.679. The zero-order valence-electron chi connectivity index (χ0n) is 14.8. The van der Waals surface area contributed by atoms with Crippen molar-refractivity contribution in [1.82, 2.24) is 9.55 Å².